The molecule has 0 atom stereocenters. The maximum atomic E-state index is 14.7. The van der Waals surface area contributed by atoms with Crippen LogP contribution < -0.4 is 5.32 Å². The minimum atomic E-state index is -1.32. The second kappa shape index (κ2) is 5.35. The molecule has 0 saturated carbocycles. The van der Waals surface area contributed by atoms with Gasteiger partial charge in [0.15, 0.2) is 5.82 Å². The predicted octanol–water partition coefficient (Wildman–Crippen LogP) is 3.60. The Balaban J connectivity index is 2.21. The van der Waals surface area contributed by atoms with Gasteiger partial charge >= 0.3 is 5.97 Å². The number of hydrogen-bond acceptors (Lipinski definition) is 3. The molecule has 0 fully saturated rings. The molecule has 0 spiro atoms. The van der Waals surface area contributed by atoms with Gasteiger partial charge in [0.05, 0.1) is 28.8 Å². The normalized spacial score (nSPS) is 11.0. The molecule has 5 nitrogen and oxygen atoms in total. The van der Waals surface area contributed by atoms with Crippen molar-refractivity contribution in [3.63, 3.8) is 0 Å². The number of hydrogen-bond donors (Lipinski definition) is 2. The highest BCUT2D eigenvalue weighted by Crippen LogP contribution is 2.31. The lowest BCUT2D eigenvalue weighted by molar-refractivity contribution is 0.0697. The first-order valence-electron chi connectivity index (χ1n) is 6.78. The summed E-state index contributed by atoms with van der Waals surface area (Å²) in [5.41, 5.74) is 0.451. The summed E-state index contributed by atoms with van der Waals surface area (Å²) in [6.07, 6.45) is 1.38. The summed E-state index contributed by atoms with van der Waals surface area (Å²) in [6.45, 7) is 1.72. The van der Waals surface area contributed by atoms with Gasteiger partial charge in [-0.1, -0.05) is 6.07 Å². The molecule has 0 saturated heterocycles. The molecule has 0 aliphatic carbocycles. The SMILES string of the molecule is Cc1ccc(Nc2c(C(=O)O)cc3c(ncn3C)c2F)c(F)c1. The van der Waals surface area contributed by atoms with Gasteiger partial charge in [0, 0.05) is 7.05 Å². The van der Waals surface area contributed by atoms with Crippen molar-refractivity contribution in [1.82, 2.24) is 9.55 Å². The Kier molecular flexibility index (Phi) is 3.48. The largest absolute Gasteiger partial charge is 0.478 e. The fourth-order valence-electron chi connectivity index (χ4n) is 2.37. The lowest BCUT2D eigenvalue weighted by Gasteiger charge is -2.13. The number of nitrogens with one attached hydrogen (secondary N) is 1. The summed E-state index contributed by atoms with van der Waals surface area (Å²) in [7, 11) is 1.63. The van der Waals surface area contributed by atoms with E-state index >= 15 is 0 Å². The molecule has 1 heterocycles. The molecule has 3 aromatic rings. The fraction of sp³-hybridized carbons (Fsp3) is 0.125. The monoisotopic (exact) mass is 317 g/mol. The summed E-state index contributed by atoms with van der Waals surface area (Å²) < 4.78 is 30.2. The number of rotatable bonds is 3. The van der Waals surface area contributed by atoms with E-state index in [1.54, 1.807) is 20.0 Å². The van der Waals surface area contributed by atoms with Crippen molar-refractivity contribution in [2.45, 2.75) is 6.92 Å². The number of anilines is 2. The van der Waals surface area contributed by atoms with Crippen LogP contribution >= 0.6 is 0 Å². The van der Waals surface area contributed by atoms with Gasteiger partial charge in [0.25, 0.3) is 0 Å². The Morgan fingerprint density at radius 1 is 1.30 bits per heavy atom. The molecule has 7 heteroatoms. The van der Waals surface area contributed by atoms with Crippen LogP contribution in [-0.2, 0) is 7.05 Å². The zero-order valence-corrected chi connectivity index (χ0v) is 12.4. The summed E-state index contributed by atoms with van der Waals surface area (Å²) >= 11 is 0. The molecule has 23 heavy (non-hydrogen) atoms. The van der Waals surface area contributed by atoms with E-state index in [0.717, 1.165) is 0 Å². The Bertz CT molecular complexity index is 935. The van der Waals surface area contributed by atoms with Crippen molar-refractivity contribution in [2.75, 3.05) is 5.32 Å². The second-order valence-corrected chi connectivity index (χ2v) is 5.25. The third-order valence-electron chi connectivity index (χ3n) is 3.58. The average molecular weight is 317 g/mol. The minimum absolute atomic E-state index is 0.00715. The Morgan fingerprint density at radius 3 is 2.70 bits per heavy atom. The van der Waals surface area contributed by atoms with Crippen LogP contribution in [0.2, 0.25) is 0 Å². The molecule has 0 radical (unpaired) electrons. The van der Waals surface area contributed by atoms with Crippen LogP contribution in [0, 0.1) is 18.6 Å². The van der Waals surface area contributed by atoms with Crippen LogP contribution in [0.25, 0.3) is 11.0 Å². The van der Waals surface area contributed by atoms with Crippen molar-refractivity contribution in [2.24, 2.45) is 7.05 Å². The van der Waals surface area contributed by atoms with E-state index in [4.69, 9.17) is 0 Å². The van der Waals surface area contributed by atoms with Crippen LogP contribution in [0.15, 0.2) is 30.6 Å². The molecular formula is C16H13F2N3O2. The highest BCUT2D eigenvalue weighted by molar-refractivity contribution is 6.00. The van der Waals surface area contributed by atoms with Gasteiger partial charge in [-0.2, -0.15) is 0 Å². The molecule has 0 bridgehead atoms. The van der Waals surface area contributed by atoms with E-state index in [9.17, 15) is 18.7 Å². The standard InChI is InChI=1S/C16H13F2N3O2/c1-8-3-4-11(10(17)5-8)20-14-9(16(22)23)6-12-15(13(14)18)19-7-21(12)2/h3-7,20H,1-2H3,(H,22,23). The second-order valence-electron chi connectivity index (χ2n) is 5.25. The van der Waals surface area contributed by atoms with E-state index < -0.39 is 17.6 Å². The van der Waals surface area contributed by atoms with Gasteiger partial charge in [0.2, 0.25) is 0 Å². The van der Waals surface area contributed by atoms with Gasteiger partial charge in [-0.3, -0.25) is 0 Å². The molecule has 0 aliphatic heterocycles. The van der Waals surface area contributed by atoms with E-state index in [1.165, 1.54) is 29.1 Å². The van der Waals surface area contributed by atoms with Crippen molar-refractivity contribution in [1.29, 1.82) is 0 Å². The highest BCUT2D eigenvalue weighted by Gasteiger charge is 2.21. The smallest absolute Gasteiger partial charge is 0.338 e. The fourth-order valence-corrected chi connectivity index (χ4v) is 2.37. The van der Waals surface area contributed by atoms with E-state index in [-0.39, 0.29) is 22.5 Å². The minimum Gasteiger partial charge on any atom is -0.478 e. The van der Waals surface area contributed by atoms with E-state index in [2.05, 4.69) is 10.3 Å². The van der Waals surface area contributed by atoms with Crippen LogP contribution in [0.4, 0.5) is 20.2 Å². The number of nitrogens with zero attached hydrogens (tertiary/aromatic N) is 2. The molecule has 3 rings (SSSR count). The number of halogens is 2. The number of aromatic carboxylic acids is 1. The van der Waals surface area contributed by atoms with Crippen LogP contribution in [0.5, 0.6) is 0 Å². The zero-order chi connectivity index (χ0) is 16.7. The Labute approximate surface area is 130 Å². The van der Waals surface area contributed by atoms with Crippen molar-refractivity contribution < 1.29 is 18.7 Å². The number of aromatic nitrogens is 2. The van der Waals surface area contributed by atoms with Crippen LogP contribution in [0.1, 0.15) is 15.9 Å². The van der Waals surface area contributed by atoms with Crippen LogP contribution in [0.3, 0.4) is 0 Å². The van der Waals surface area contributed by atoms with Crippen molar-refractivity contribution in [3.8, 4) is 0 Å². The summed E-state index contributed by atoms with van der Waals surface area (Å²) in [5.74, 6) is -2.75. The van der Waals surface area contributed by atoms with E-state index in [1.807, 2.05) is 0 Å². The third-order valence-corrected chi connectivity index (χ3v) is 3.58. The Hall–Kier alpha value is -2.96. The van der Waals surface area contributed by atoms with Crippen molar-refractivity contribution >= 4 is 28.4 Å². The summed E-state index contributed by atoms with van der Waals surface area (Å²) in [5, 5.41) is 11.9. The molecule has 2 N–H and O–H groups in total. The predicted molar refractivity (Wildman–Crippen MR) is 82.1 cm³/mol. The number of aryl methyl sites for hydroxylation is 2. The summed E-state index contributed by atoms with van der Waals surface area (Å²) in [4.78, 5) is 15.4. The van der Waals surface area contributed by atoms with Crippen molar-refractivity contribution in [3.05, 3.63) is 53.4 Å². The van der Waals surface area contributed by atoms with Gasteiger partial charge < -0.3 is 15.0 Å². The number of imidazole rings is 1. The maximum absolute atomic E-state index is 14.7. The van der Waals surface area contributed by atoms with Gasteiger partial charge in [0.1, 0.15) is 11.3 Å². The molecule has 1 aromatic heterocycles. The first-order chi connectivity index (χ1) is 10.9. The molecular weight excluding hydrogens is 304 g/mol. The third kappa shape index (κ3) is 2.50. The topological polar surface area (TPSA) is 67.2 Å². The molecule has 118 valence electrons. The number of carbonyl (C=O) groups is 1. The lowest BCUT2D eigenvalue weighted by Crippen LogP contribution is -2.07. The van der Waals surface area contributed by atoms with Gasteiger partial charge in [-0.15, -0.1) is 0 Å². The number of fused-ring (bicyclic) bond motifs is 1. The first kappa shape index (κ1) is 15.0. The Morgan fingerprint density at radius 2 is 2.04 bits per heavy atom. The number of carboxylic acid groups (broad SMARTS) is 1. The first-order valence-corrected chi connectivity index (χ1v) is 6.78. The van der Waals surface area contributed by atoms with E-state index in [0.29, 0.717) is 11.1 Å². The zero-order valence-electron chi connectivity index (χ0n) is 12.4. The maximum Gasteiger partial charge on any atom is 0.338 e. The number of benzene rings is 2. The molecule has 0 unspecified atom stereocenters. The average Bonchev–Trinajstić information content (AvgIpc) is 2.85. The highest BCUT2D eigenvalue weighted by atomic mass is 19.1. The lowest BCUT2D eigenvalue weighted by atomic mass is 10.1. The number of carboxylic acids is 1. The molecule has 0 amide bonds. The quantitative estimate of drug-likeness (QED) is 0.774. The van der Waals surface area contributed by atoms with Gasteiger partial charge in [-0.25, -0.2) is 18.6 Å². The van der Waals surface area contributed by atoms with Crippen LogP contribution in [-0.4, -0.2) is 20.6 Å². The molecule has 0 aliphatic rings. The van der Waals surface area contributed by atoms with Gasteiger partial charge in [-0.05, 0) is 30.7 Å². The summed E-state index contributed by atoms with van der Waals surface area (Å²) in [6, 6.07) is 5.66. The molecule has 2 aromatic carbocycles.